The molecule has 0 saturated heterocycles. The van der Waals surface area contributed by atoms with Crippen molar-refractivity contribution < 1.29 is 126 Å². The molecular weight excluding hydrogens is 1260 g/mol. The molecule has 0 spiro atoms. The van der Waals surface area contributed by atoms with Gasteiger partial charge < -0.3 is 56.8 Å². The number of ether oxygens (including phenoxy) is 12. The molecule has 0 aliphatic carbocycles. The summed E-state index contributed by atoms with van der Waals surface area (Å²) in [6.45, 7) is 53.5. The van der Waals surface area contributed by atoms with E-state index in [2.05, 4.69) is 236 Å². The van der Waals surface area contributed by atoms with Crippen LogP contribution in [0.15, 0.2) is 97.1 Å². The maximum atomic E-state index is 6.39. The smallest absolute Gasteiger partial charge is 0.491 e. The van der Waals surface area contributed by atoms with Gasteiger partial charge in [-0.3, -0.25) is 0 Å². The molecule has 0 aromatic heterocycles. The van der Waals surface area contributed by atoms with Crippen molar-refractivity contribution in [1.29, 1.82) is 0 Å². The topological polar surface area (TPSA) is 111 Å². The Labute approximate surface area is 615 Å². The van der Waals surface area contributed by atoms with Crippen LogP contribution in [-0.4, -0.2) is 141 Å². The van der Waals surface area contributed by atoms with Gasteiger partial charge in [-0.25, -0.2) is 0 Å². The van der Waals surface area contributed by atoms with Crippen molar-refractivity contribution in [2.24, 2.45) is 27.1 Å². The number of benzene rings is 4. The normalized spacial score (nSPS) is 13.0. The van der Waals surface area contributed by atoms with E-state index >= 15 is 0 Å². The summed E-state index contributed by atoms with van der Waals surface area (Å²) < 4.78 is 73.8. The van der Waals surface area contributed by atoms with Crippen molar-refractivity contribution in [3.05, 3.63) is 119 Å². The predicted molar refractivity (Wildman–Crippen MR) is 376 cm³/mol. The fraction of sp³-hybridized carbons (Fsp3) is 0.688. The maximum Gasteiger partial charge on any atom is 1.00 e. The third-order valence-electron chi connectivity index (χ3n) is 15.5. The summed E-state index contributed by atoms with van der Waals surface area (Å²) >= 11 is 0. The summed E-state index contributed by atoms with van der Waals surface area (Å²) in [6, 6.07) is 33.8. The molecular formula is C77H128BCsO12. The molecule has 91 heavy (non-hydrogen) atoms. The third kappa shape index (κ3) is 36.2. The first kappa shape index (κ1) is 85.0. The quantitative estimate of drug-likeness (QED) is 0.0311. The number of hydrogen-bond donors (Lipinski definition) is 0. The Morgan fingerprint density at radius 1 is 0.220 bits per heavy atom. The average Bonchev–Trinajstić information content (AvgIpc) is 1.20. The van der Waals surface area contributed by atoms with Gasteiger partial charge in [0.2, 0.25) is 0 Å². The monoisotopic (exact) mass is 1390 g/mol. The standard InChI is InChI=1S/C77H124O12.BH4.Cs/c1-69(2,3)53-73(13,14)61-21-29-65(30-22-61)86-49-45-78-37-41-82-57-77(58-83-42-38-79-46-50-87-66-31-23-62(24-32-66)74(15,16)54-70(4,5)6,59-84-43-39-80-47-51-88-67-33-25-63(26-34-67)75(17,18)55-71(7,8)9)60-85-44-40-81-48-52-89-68-35-27-64(28-36-68)76(19,20)56-72(10,11)12;;/h21-36H,37-60H2,1-20H3;1H4;/q;-1;+1. The van der Waals surface area contributed by atoms with E-state index < -0.39 is 5.41 Å². The molecule has 12 nitrogen and oxygen atoms in total. The van der Waals surface area contributed by atoms with Crippen molar-refractivity contribution in [3.8, 4) is 23.0 Å². The molecule has 0 unspecified atom stereocenters. The van der Waals surface area contributed by atoms with Gasteiger partial charge in [-0.2, -0.15) is 0 Å². The van der Waals surface area contributed by atoms with Crippen LogP contribution in [0.3, 0.4) is 0 Å². The van der Waals surface area contributed by atoms with Crippen molar-refractivity contribution in [3.63, 3.8) is 0 Å². The zero-order chi connectivity index (χ0) is 65.9. The molecule has 4 aromatic rings. The van der Waals surface area contributed by atoms with Gasteiger partial charge in [0.25, 0.3) is 0 Å². The molecule has 0 radical (unpaired) electrons. The minimum atomic E-state index is -0.680. The van der Waals surface area contributed by atoms with Crippen LogP contribution < -0.4 is 87.8 Å². The second kappa shape index (κ2) is 40.6. The molecule has 0 amide bonds. The Bertz CT molecular complexity index is 2170. The summed E-state index contributed by atoms with van der Waals surface area (Å²) in [5.41, 5.74) is 5.73. The fourth-order valence-corrected chi connectivity index (χ4v) is 12.9. The first-order chi connectivity index (χ1) is 41.6. The van der Waals surface area contributed by atoms with Gasteiger partial charge in [0.05, 0.1) is 111 Å². The van der Waals surface area contributed by atoms with Crippen molar-refractivity contribution in [2.75, 3.05) is 132 Å². The summed E-state index contributed by atoms with van der Waals surface area (Å²) in [6.07, 6.45) is 4.34. The van der Waals surface area contributed by atoms with E-state index in [1.54, 1.807) is 0 Å². The van der Waals surface area contributed by atoms with Crippen LogP contribution in [0.1, 0.15) is 186 Å². The molecule has 0 heterocycles. The zero-order valence-electron chi connectivity index (χ0n) is 60.6. The average molecular weight is 1390 g/mol. The molecule has 4 rings (SSSR count). The first-order valence-corrected chi connectivity index (χ1v) is 33.1. The predicted octanol–water partition coefficient (Wildman–Crippen LogP) is 12.8. The Balaban J connectivity index is 0.0000141. The van der Waals surface area contributed by atoms with Crippen molar-refractivity contribution in [1.82, 2.24) is 0 Å². The largest absolute Gasteiger partial charge is 1.00 e. The maximum absolute atomic E-state index is 6.39. The molecule has 0 saturated carbocycles. The first-order valence-electron chi connectivity index (χ1n) is 33.1. The summed E-state index contributed by atoms with van der Waals surface area (Å²) in [5.74, 6) is 3.30. The Hall–Kier alpha value is -2.12. The van der Waals surface area contributed by atoms with E-state index in [4.69, 9.17) is 56.8 Å². The van der Waals surface area contributed by atoms with Crippen molar-refractivity contribution >= 4 is 8.41 Å². The van der Waals surface area contributed by atoms with Gasteiger partial charge in [0, 0.05) is 0 Å². The second-order valence-electron chi connectivity index (χ2n) is 32.1. The Kier molecular flexibility index (Phi) is 37.9. The minimum Gasteiger partial charge on any atom is -0.491 e. The van der Waals surface area contributed by atoms with Gasteiger partial charge in [-0.1, -0.05) is 195 Å². The molecule has 0 fully saturated rings. The third-order valence-corrected chi connectivity index (χ3v) is 15.5. The molecule has 14 heteroatoms. The van der Waals surface area contributed by atoms with Crippen LogP contribution >= 0.6 is 0 Å². The van der Waals surface area contributed by atoms with Gasteiger partial charge in [0.1, 0.15) is 49.4 Å². The minimum absolute atomic E-state index is 0. The van der Waals surface area contributed by atoms with Gasteiger partial charge in [-0.05, 0) is 140 Å². The molecule has 0 bridgehead atoms. The van der Waals surface area contributed by atoms with Crippen molar-refractivity contribution in [2.45, 2.75) is 186 Å². The fourth-order valence-electron chi connectivity index (χ4n) is 12.9. The van der Waals surface area contributed by atoms with E-state index in [9.17, 15) is 0 Å². The van der Waals surface area contributed by atoms with Crippen LogP contribution in [0.4, 0.5) is 0 Å². The van der Waals surface area contributed by atoms with Crippen LogP contribution in [0.5, 0.6) is 23.0 Å². The van der Waals surface area contributed by atoms with Gasteiger partial charge >= 0.3 is 68.9 Å². The number of hydrogen-bond acceptors (Lipinski definition) is 12. The molecule has 0 aliphatic rings. The SMILES string of the molecule is CC(C)(C)CC(C)(C)c1ccc(OCCOCCOCC(COCCOCCOc2ccc(C(C)(C)CC(C)(C)C)cc2)(COCCOCCOc2ccc(C(C)(C)CC(C)(C)C)cc2)COCCOCCOc2ccc(C(C)(C)CC(C)(C)C)cc2)cc1.[BH4-].[Cs+]. The zero-order valence-corrected chi connectivity index (χ0v) is 66.9. The Morgan fingerprint density at radius 2 is 0.374 bits per heavy atom. The Morgan fingerprint density at radius 3 is 0.538 bits per heavy atom. The molecule has 0 N–H and O–H groups in total. The van der Waals surface area contributed by atoms with Crippen LogP contribution in [0, 0.1) is 27.1 Å². The van der Waals surface area contributed by atoms with E-state index in [1.165, 1.54) is 22.3 Å². The van der Waals surface area contributed by atoms with E-state index in [0.717, 1.165) is 48.7 Å². The summed E-state index contributed by atoms with van der Waals surface area (Å²) in [5, 5.41) is 0. The van der Waals surface area contributed by atoms with Crippen LogP contribution in [0.25, 0.3) is 0 Å². The molecule has 0 aliphatic heterocycles. The summed E-state index contributed by atoms with van der Waals surface area (Å²) in [7, 11) is 0. The van der Waals surface area contributed by atoms with E-state index in [1.807, 2.05) is 0 Å². The number of rotatable bonds is 44. The summed E-state index contributed by atoms with van der Waals surface area (Å²) in [4.78, 5) is 0. The second-order valence-corrected chi connectivity index (χ2v) is 32.1. The van der Waals surface area contributed by atoms with Gasteiger partial charge in [-0.15, -0.1) is 0 Å². The van der Waals surface area contributed by atoms with Gasteiger partial charge in [0.15, 0.2) is 0 Å². The van der Waals surface area contributed by atoms with E-state index in [-0.39, 0.29) is 121 Å². The molecule has 512 valence electrons. The van der Waals surface area contributed by atoms with Crippen LogP contribution in [-0.2, 0) is 59.6 Å². The molecule has 4 aromatic carbocycles. The molecule has 0 atom stereocenters. The van der Waals surface area contributed by atoms with Crippen LogP contribution in [0.2, 0.25) is 0 Å². The van der Waals surface area contributed by atoms with E-state index in [0.29, 0.717) is 132 Å².